The Labute approximate surface area is 135 Å². The molecule has 4 N–H and O–H groups in total. The summed E-state index contributed by atoms with van der Waals surface area (Å²) < 4.78 is 13.2. The molecule has 10 nitrogen and oxygen atoms in total. The minimum absolute atomic E-state index is 0.00204. The molecule has 0 radical (unpaired) electrons. The summed E-state index contributed by atoms with van der Waals surface area (Å²) in [5.74, 6) is -0.536. The van der Waals surface area contributed by atoms with Crippen molar-refractivity contribution in [3.05, 3.63) is 51.6 Å². The number of anilines is 1. The minimum Gasteiger partial charge on any atom is -0.292 e. The molecule has 0 saturated carbocycles. The van der Waals surface area contributed by atoms with Crippen molar-refractivity contribution >= 4 is 11.9 Å². The lowest BCUT2D eigenvalue weighted by atomic mass is 10.1. The molecule has 1 saturated heterocycles. The Morgan fingerprint density at radius 3 is 3.08 bits per heavy atom. The summed E-state index contributed by atoms with van der Waals surface area (Å²) >= 11 is 0. The summed E-state index contributed by atoms with van der Waals surface area (Å²) in [5, 5.41) is 19.8. The molecule has 2 atom stereocenters. The summed E-state index contributed by atoms with van der Waals surface area (Å²) in [5.41, 5.74) is 5.82. The summed E-state index contributed by atoms with van der Waals surface area (Å²) in [6.45, 7) is 0.0455. The highest BCUT2D eigenvalue weighted by Crippen LogP contribution is 2.10. The van der Waals surface area contributed by atoms with E-state index in [1.807, 2.05) is 0 Å². The molecule has 1 fully saturated rings. The number of H-pyrrole nitrogens is 1. The fourth-order valence-electron chi connectivity index (χ4n) is 2.38. The van der Waals surface area contributed by atoms with Crippen LogP contribution >= 0.6 is 0 Å². The zero-order valence-electron chi connectivity index (χ0n) is 12.3. The Balaban J connectivity index is 1.63. The second kappa shape index (κ2) is 6.68. The predicted octanol–water partition coefficient (Wildman–Crippen LogP) is -0.405. The number of amides is 1. The lowest BCUT2D eigenvalue weighted by molar-refractivity contribution is -0.517. The zero-order valence-corrected chi connectivity index (χ0v) is 12.3. The van der Waals surface area contributed by atoms with Crippen LogP contribution in [0.2, 0.25) is 0 Å². The van der Waals surface area contributed by atoms with E-state index >= 15 is 0 Å². The van der Waals surface area contributed by atoms with Gasteiger partial charge in [0.2, 0.25) is 5.95 Å². The molecule has 1 aromatic heterocycles. The Morgan fingerprint density at radius 1 is 1.50 bits per heavy atom. The first-order valence-electron chi connectivity index (χ1n) is 7.11. The molecule has 1 aromatic carbocycles. The van der Waals surface area contributed by atoms with Crippen LogP contribution in [0, 0.1) is 15.9 Å². The normalized spacial score (nSPS) is 20.0. The average molecular weight is 335 g/mol. The molecule has 2 heterocycles. The molecular formula is C13H14FN7O3. The van der Waals surface area contributed by atoms with Gasteiger partial charge in [-0.05, 0) is 17.7 Å². The molecule has 0 bridgehead atoms. The van der Waals surface area contributed by atoms with Crippen LogP contribution in [-0.4, -0.2) is 44.6 Å². The van der Waals surface area contributed by atoms with Crippen molar-refractivity contribution in [3.8, 4) is 0 Å². The van der Waals surface area contributed by atoms with Crippen LogP contribution in [0.4, 0.5) is 10.3 Å². The van der Waals surface area contributed by atoms with E-state index < -0.39 is 22.9 Å². The van der Waals surface area contributed by atoms with Crippen molar-refractivity contribution < 1.29 is 14.1 Å². The molecule has 0 spiro atoms. The standard InChI is InChI=1S/C13H14FN7O3/c14-8-3-1-2-7(4-8)5-10-16-13(20-18-10)17-12(22)11-9(21(23)24)6-15-19-11/h1-4,9,11,15,19H,5-6H2,(H2,16,17,18,20,22). The number of hydrogen-bond acceptors (Lipinski definition) is 7. The number of nitrogens with zero attached hydrogens (tertiary/aromatic N) is 3. The van der Waals surface area contributed by atoms with Gasteiger partial charge >= 0.3 is 0 Å². The van der Waals surface area contributed by atoms with E-state index in [-0.39, 0.29) is 18.3 Å². The highest BCUT2D eigenvalue weighted by atomic mass is 19.1. The number of aromatic nitrogens is 3. The highest BCUT2D eigenvalue weighted by Gasteiger charge is 2.41. The fourth-order valence-corrected chi connectivity index (χ4v) is 2.38. The van der Waals surface area contributed by atoms with Crippen molar-refractivity contribution in [2.75, 3.05) is 11.9 Å². The van der Waals surface area contributed by atoms with Crippen LogP contribution in [0.5, 0.6) is 0 Å². The molecular weight excluding hydrogens is 321 g/mol. The van der Waals surface area contributed by atoms with Gasteiger partial charge in [-0.1, -0.05) is 12.1 Å². The third kappa shape index (κ3) is 3.52. The monoisotopic (exact) mass is 335 g/mol. The van der Waals surface area contributed by atoms with E-state index in [4.69, 9.17) is 0 Å². The van der Waals surface area contributed by atoms with E-state index in [9.17, 15) is 19.3 Å². The molecule has 2 aromatic rings. The predicted molar refractivity (Wildman–Crippen MR) is 79.9 cm³/mol. The van der Waals surface area contributed by atoms with Crippen molar-refractivity contribution in [1.29, 1.82) is 0 Å². The average Bonchev–Trinajstić information content (AvgIpc) is 3.16. The number of benzene rings is 1. The van der Waals surface area contributed by atoms with Crippen LogP contribution in [0.25, 0.3) is 0 Å². The lowest BCUT2D eigenvalue weighted by Crippen LogP contribution is -2.46. The number of nitrogens with one attached hydrogen (secondary N) is 4. The molecule has 1 aliphatic heterocycles. The van der Waals surface area contributed by atoms with Gasteiger partial charge in [-0.3, -0.25) is 25.3 Å². The lowest BCUT2D eigenvalue weighted by Gasteiger charge is -2.10. The molecule has 24 heavy (non-hydrogen) atoms. The zero-order chi connectivity index (χ0) is 17.1. The van der Waals surface area contributed by atoms with E-state index in [1.165, 1.54) is 12.1 Å². The summed E-state index contributed by atoms with van der Waals surface area (Å²) in [4.78, 5) is 26.5. The van der Waals surface area contributed by atoms with E-state index in [1.54, 1.807) is 12.1 Å². The van der Waals surface area contributed by atoms with E-state index in [0.29, 0.717) is 17.8 Å². The number of halogens is 1. The van der Waals surface area contributed by atoms with Crippen molar-refractivity contribution in [3.63, 3.8) is 0 Å². The van der Waals surface area contributed by atoms with Crippen LogP contribution in [-0.2, 0) is 11.2 Å². The second-order valence-corrected chi connectivity index (χ2v) is 5.26. The Bertz CT molecular complexity index is 766. The first-order chi connectivity index (χ1) is 11.5. The summed E-state index contributed by atoms with van der Waals surface area (Å²) in [6, 6.07) is 3.93. The molecule has 1 aliphatic rings. The molecule has 2 unspecified atom stereocenters. The van der Waals surface area contributed by atoms with Crippen molar-refractivity contribution in [2.45, 2.75) is 18.5 Å². The highest BCUT2D eigenvalue weighted by molar-refractivity contribution is 5.94. The van der Waals surface area contributed by atoms with E-state index in [0.717, 1.165) is 0 Å². The molecule has 3 rings (SSSR count). The van der Waals surface area contributed by atoms with Gasteiger partial charge in [-0.2, -0.15) is 4.98 Å². The van der Waals surface area contributed by atoms with Gasteiger partial charge in [0.15, 0.2) is 6.04 Å². The fraction of sp³-hybridized carbons (Fsp3) is 0.308. The molecule has 11 heteroatoms. The molecule has 0 aliphatic carbocycles. The van der Waals surface area contributed by atoms with Crippen LogP contribution in [0.1, 0.15) is 11.4 Å². The van der Waals surface area contributed by atoms with Gasteiger partial charge in [0.25, 0.3) is 11.9 Å². The largest absolute Gasteiger partial charge is 0.292 e. The van der Waals surface area contributed by atoms with Gasteiger partial charge in [0.05, 0.1) is 6.54 Å². The third-order valence-electron chi connectivity index (χ3n) is 3.53. The quantitative estimate of drug-likeness (QED) is 0.430. The Morgan fingerprint density at radius 2 is 2.33 bits per heavy atom. The first kappa shape index (κ1) is 16.0. The van der Waals surface area contributed by atoms with Crippen molar-refractivity contribution in [2.24, 2.45) is 0 Å². The number of nitro groups is 1. The third-order valence-corrected chi connectivity index (χ3v) is 3.53. The Hall–Kier alpha value is -2.92. The minimum atomic E-state index is -1.07. The maximum atomic E-state index is 13.2. The van der Waals surface area contributed by atoms with Crippen molar-refractivity contribution in [1.82, 2.24) is 26.0 Å². The number of aromatic amines is 1. The van der Waals surface area contributed by atoms with Gasteiger partial charge in [-0.15, -0.1) is 5.10 Å². The first-order valence-corrected chi connectivity index (χ1v) is 7.11. The number of hydrogen-bond donors (Lipinski definition) is 4. The Kier molecular flexibility index (Phi) is 4.44. The van der Waals surface area contributed by atoms with Crippen LogP contribution in [0.3, 0.4) is 0 Å². The van der Waals surface area contributed by atoms with Gasteiger partial charge < -0.3 is 0 Å². The molecule has 1 amide bonds. The maximum absolute atomic E-state index is 13.2. The second-order valence-electron chi connectivity index (χ2n) is 5.26. The summed E-state index contributed by atoms with van der Waals surface area (Å²) in [6.07, 6.45) is 0.307. The van der Waals surface area contributed by atoms with Gasteiger partial charge in [0.1, 0.15) is 11.6 Å². The van der Waals surface area contributed by atoms with Crippen LogP contribution < -0.4 is 16.2 Å². The van der Waals surface area contributed by atoms with Gasteiger partial charge in [0, 0.05) is 11.3 Å². The van der Waals surface area contributed by atoms with Gasteiger partial charge in [-0.25, -0.2) is 15.2 Å². The number of rotatable bonds is 5. The smallest absolute Gasteiger partial charge is 0.252 e. The maximum Gasteiger partial charge on any atom is 0.252 e. The number of carbonyl (C=O) groups excluding carboxylic acids is 1. The van der Waals surface area contributed by atoms with Crippen LogP contribution in [0.15, 0.2) is 24.3 Å². The topological polar surface area (TPSA) is 138 Å². The SMILES string of the molecule is O=C(Nc1n[nH]c(Cc2cccc(F)c2)n1)C1NNCC1[N+](=O)[O-]. The summed E-state index contributed by atoms with van der Waals surface area (Å²) in [7, 11) is 0. The van der Waals surface area contributed by atoms with E-state index in [2.05, 4.69) is 31.3 Å². The molecule has 126 valence electrons. The number of hydrazine groups is 1. The number of carbonyl (C=O) groups is 1.